The summed E-state index contributed by atoms with van der Waals surface area (Å²) in [7, 11) is 0. The Kier molecular flexibility index (Phi) is 4.74. The zero-order chi connectivity index (χ0) is 14.5. The number of amides is 2. The molecule has 0 radical (unpaired) electrons. The van der Waals surface area contributed by atoms with Gasteiger partial charge in [-0.1, -0.05) is 11.3 Å². The fourth-order valence-electron chi connectivity index (χ4n) is 1.88. The molecular weight excluding hydrogens is 286 g/mol. The Morgan fingerprint density at radius 3 is 2.85 bits per heavy atom. The molecule has 8 nitrogen and oxygen atoms in total. The van der Waals surface area contributed by atoms with Crippen LogP contribution in [0.4, 0.5) is 4.79 Å². The van der Waals surface area contributed by atoms with Crippen molar-refractivity contribution >= 4 is 23.3 Å². The second-order valence-electron chi connectivity index (χ2n) is 4.40. The monoisotopic (exact) mass is 301 g/mol. The Labute approximate surface area is 118 Å². The molecule has 0 aromatic carbocycles. The van der Waals surface area contributed by atoms with Gasteiger partial charge in [-0.15, -0.1) is 0 Å². The van der Waals surface area contributed by atoms with Crippen LogP contribution in [0, 0.1) is 0 Å². The lowest BCUT2D eigenvalue weighted by Gasteiger charge is -2.12. The number of nitrogens with one attached hydrogen (secondary N) is 3. The lowest BCUT2D eigenvalue weighted by atomic mass is 10.2. The Hall–Kier alpha value is -1.87. The number of aliphatic carboxylic acids is 1. The van der Waals surface area contributed by atoms with Crippen molar-refractivity contribution in [2.24, 2.45) is 0 Å². The number of carboxylic acids is 1. The summed E-state index contributed by atoms with van der Waals surface area (Å²) in [5.74, 6) is -0.974. The lowest BCUT2D eigenvalue weighted by Crippen LogP contribution is -2.39. The van der Waals surface area contributed by atoms with Gasteiger partial charge in [-0.25, -0.2) is 9.59 Å². The highest BCUT2D eigenvalue weighted by Crippen LogP contribution is 2.19. The van der Waals surface area contributed by atoms with E-state index in [-0.39, 0.29) is 30.1 Å². The van der Waals surface area contributed by atoms with Crippen molar-refractivity contribution in [2.45, 2.75) is 31.6 Å². The van der Waals surface area contributed by atoms with Crippen LogP contribution in [0.3, 0.4) is 0 Å². The Morgan fingerprint density at radius 2 is 2.25 bits per heavy atom. The molecule has 4 N–H and O–H groups in total. The number of ether oxygens (including phenoxy) is 1. The molecule has 0 aliphatic carbocycles. The number of carbonyl (C=O) groups is 2. The van der Waals surface area contributed by atoms with Gasteiger partial charge >= 0.3 is 16.9 Å². The van der Waals surface area contributed by atoms with E-state index in [4.69, 9.17) is 9.84 Å². The summed E-state index contributed by atoms with van der Waals surface area (Å²) in [5.41, 5.74) is 0.637. The van der Waals surface area contributed by atoms with Crippen molar-refractivity contribution in [3.8, 4) is 0 Å². The van der Waals surface area contributed by atoms with Crippen molar-refractivity contribution < 1.29 is 19.4 Å². The minimum atomic E-state index is -0.974. The second kappa shape index (κ2) is 6.53. The molecule has 1 fully saturated rings. The number of rotatable bonds is 5. The van der Waals surface area contributed by atoms with E-state index >= 15 is 0 Å². The van der Waals surface area contributed by atoms with Crippen LogP contribution in [0.25, 0.3) is 0 Å². The van der Waals surface area contributed by atoms with E-state index in [2.05, 4.69) is 15.6 Å². The predicted molar refractivity (Wildman–Crippen MR) is 70.7 cm³/mol. The van der Waals surface area contributed by atoms with Crippen molar-refractivity contribution in [3.05, 3.63) is 20.7 Å². The third kappa shape index (κ3) is 4.07. The average molecular weight is 301 g/mol. The maximum atomic E-state index is 11.5. The third-order valence-electron chi connectivity index (χ3n) is 2.88. The maximum absolute atomic E-state index is 11.5. The van der Waals surface area contributed by atoms with Crippen LogP contribution in [0.15, 0.2) is 10.2 Å². The van der Waals surface area contributed by atoms with Crippen molar-refractivity contribution in [1.82, 2.24) is 15.6 Å². The summed E-state index contributed by atoms with van der Waals surface area (Å²) in [5, 5.41) is 15.6. The Bertz CT molecular complexity index is 540. The highest BCUT2D eigenvalue weighted by molar-refractivity contribution is 7.07. The zero-order valence-corrected chi connectivity index (χ0v) is 11.4. The van der Waals surface area contributed by atoms with Crippen LogP contribution in [0.1, 0.15) is 18.5 Å². The van der Waals surface area contributed by atoms with Gasteiger partial charge in [-0.05, 0) is 12.8 Å². The topological polar surface area (TPSA) is 121 Å². The van der Waals surface area contributed by atoms with Crippen LogP contribution < -0.4 is 15.5 Å². The Morgan fingerprint density at radius 1 is 1.45 bits per heavy atom. The number of hydrogen-bond donors (Lipinski definition) is 4. The van der Waals surface area contributed by atoms with Gasteiger partial charge in [-0.2, -0.15) is 0 Å². The first-order chi connectivity index (χ1) is 9.54. The first-order valence-electron chi connectivity index (χ1n) is 6.11. The number of thiazole rings is 1. The SMILES string of the molecule is O=C(NCc1csc(=O)[nH]1)NCC1CCC(C(=O)O)O1. The molecule has 0 saturated carbocycles. The molecule has 20 heavy (non-hydrogen) atoms. The van der Waals surface area contributed by atoms with Gasteiger partial charge in [0.25, 0.3) is 0 Å². The van der Waals surface area contributed by atoms with Crippen molar-refractivity contribution in [1.29, 1.82) is 0 Å². The minimum Gasteiger partial charge on any atom is -0.479 e. The average Bonchev–Trinajstić information content (AvgIpc) is 3.03. The summed E-state index contributed by atoms with van der Waals surface area (Å²) in [6.07, 6.45) is 0.0118. The normalized spacial score (nSPS) is 21.6. The summed E-state index contributed by atoms with van der Waals surface area (Å²) in [4.78, 5) is 35.5. The number of carboxylic acid groups (broad SMARTS) is 1. The third-order valence-corrected chi connectivity index (χ3v) is 3.60. The fraction of sp³-hybridized carbons (Fsp3) is 0.545. The van der Waals surface area contributed by atoms with Crippen LogP contribution in [0.2, 0.25) is 0 Å². The summed E-state index contributed by atoms with van der Waals surface area (Å²) in [6.45, 7) is 0.490. The summed E-state index contributed by atoms with van der Waals surface area (Å²) < 4.78 is 5.25. The van der Waals surface area contributed by atoms with Gasteiger partial charge in [0, 0.05) is 17.6 Å². The molecule has 1 aliphatic rings. The van der Waals surface area contributed by atoms with Gasteiger partial charge in [-0.3, -0.25) is 4.79 Å². The minimum absolute atomic E-state index is 0.165. The van der Waals surface area contributed by atoms with E-state index in [1.165, 1.54) is 0 Å². The Balaban J connectivity index is 1.65. The second-order valence-corrected chi connectivity index (χ2v) is 5.24. The largest absolute Gasteiger partial charge is 0.479 e. The first-order valence-corrected chi connectivity index (χ1v) is 6.99. The van der Waals surface area contributed by atoms with E-state index in [1.54, 1.807) is 5.38 Å². The van der Waals surface area contributed by atoms with Gasteiger partial charge in [0.2, 0.25) is 0 Å². The molecule has 2 atom stereocenters. The molecule has 1 aromatic rings. The van der Waals surface area contributed by atoms with E-state index in [1.807, 2.05) is 0 Å². The van der Waals surface area contributed by atoms with Gasteiger partial charge < -0.3 is 25.5 Å². The molecule has 1 aliphatic heterocycles. The summed E-state index contributed by atoms with van der Waals surface area (Å²) in [6, 6.07) is -0.389. The molecule has 110 valence electrons. The van der Waals surface area contributed by atoms with Gasteiger partial charge in [0.15, 0.2) is 6.10 Å². The van der Waals surface area contributed by atoms with Crippen LogP contribution >= 0.6 is 11.3 Å². The highest BCUT2D eigenvalue weighted by Gasteiger charge is 2.30. The first kappa shape index (κ1) is 14.5. The van der Waals surface area contributed by atoms with Crippen LogP contribution in [0.5, 0.6) is 0 Å². The molecular formula is C11H15N3O5S. The lowest BCUT2D eigenvalue weighted by molar-refractivity contribution is -0.149. The molecule has 2 rings (SSSR count). The molecule has 1 aromatic heterocycles. The molecule has 2 heterocycles. The molecule has 2 amide bonds. The van der Waals surface area contributed by atoms with E-state index in [0.29, 0.717) is 18.5 Å². The molecule has 0 spiro atoms. The molecule has 9 heteroatoms. The fourth-order valence-corrected chi connectivity index (χ4v) is 2.46. The van der Waals surface area contributed by atoms with E-state index in [0.717, 1.165) is 11.3 Å². The quantitative estimate of drug-likeness (QED) is 0.603. The number of urea groups is 1. The molecule has 2 unspecified atom stereocenters. The standard InChI is InChI=1S/C11H15N3O5S/c15-9(16)8-2-1-7(19-8)4-13-10(17)12-3-6-5-20-11(18)14-6/h5,7-8H,1-4H2,(H,14,18)(H,15,16)(H2,12,13,17). The molecule has 0 bridgehead atoms. The highest BCUT2D eigenvalue weighted by atomic mass is 32.1. The molecule has 1 saturated heterocycles. The van der Waals surface area contributed by atoms with E-state index < -0.39 is 12.1 Å². The van der Waals surface area contributed by atoms with Crippen LogP contribution in [-0.2, 0) is 16.1 Å². The smallest absolute Gasteiger partial charge is 0.332 e. The van der Waals surface area contributed by atoms with E-state index in [9.17, 15) is 14.4 Å². The maximum Gasteiger partial charge on any atom is 0.332 e. The number of hydrogen-bond acceptors (Lipinski definition) is 5. The van der Waals surface area contributed by atoms with Gasteiger partial charge in [0.05, 0.1) is 12.6 Å². The number of H-pyrrole nitrogens is 1. The number of carbonyl (C=O) groups excluding carboxylic acids is 1. The van der Waals surface area contributed by atoms with Crippen LogP contribution in [-0.4, -0.2) is 40.8 Å². The van der Waals surface area contributed by atoms with Gasteiger partial charge in [0.1, 0.15) is 0 Å². The van der Waals surface area contributed by atoms with Crippen molar-refractivity contribution in [3.63, 3.8) is 0 Å². The van der Waals surface area contributed by atoms with Crippen molar-refractivity contribution in [2.75, 3.05) is 6.54 Å². The number of aromatic nitrogens is 1. The number of aromatic amines is 1. The summed E-state index contributed by atoms with van der Waals surface area (Å²) >= 11 is 1.03. The predicted octanol–water partition coefficient (Wildman–Crippen LogP) is -0.132. The zero-order valence-electron chi connectivity index (χ0n) is 10.5.